The minimum absolute atomic E-state index is 0. The Morgan fingerprint density at radius 3 is 2.43 bits per heavy atom. The van der Waals surface area contributed by atoms with Gasteiger partial charge in [0.2, 0.25) is 0 Å². The zero-order valence-corrected chi connectivity index (χ0v) is 17.4. The zero-order valence-electron chi connectivity index (χ0n) is 15.1. The number of rotatable bonds is 8. The van der Waals surface area contributed by atoms with Gasteiger partial charge in [-0.2, -0.15) is 0 Å². The van der Waals surface area contributed by atoms with Crippen molar-refractivity contribution in [1.29, 1.82) is 0 Å². The third-order valence-corrected chi connectivity index (χ3v) is 3.27. The number of guanidine groups is 1. The Hall–Kier alpha value is -0.820. The Balaban J connectivity index is 0.00000484. The SMILES string of the molecule is CN=C(NCCC(C)C)NCc1cccc(COC(C)C)c1.I. The van der Waals surface area contributed by atoms with Crippen LogP contribution in [0.15, 0.2) is 29.3 Å². The summed E-state index contributed by atoms with van der Waals surface area (Å²) in [5.41, 5.74) is 2.44. The van der Waals surface area contributed by atoms with Crippen LogP contribution in [-0.2, 0) is 17.9 Å². The Kier molecular flexibility index (Phi) is 12.1. The summed E-state index contributed by atoms with van der Waals surface area (Å²) in [5, 5.41) is 6.69. The molecule has 0 saturated carbocycles. The van der Waals surface area contributed by atoms with Crippen LogP contribution in [0.2, 0.25) is 0 Å². The molecule has 0 fully saturated rings. The molecule has 0 aliphatic rings. The largest absolute Gasteiger partial charge is 0.374 e. The molecule has 0 atom stereocenters. The molecule has 0 spiro atoms. The van der Waals surface area contributed by atoms with Gasteiger partial charge in [-0.3, -0.25) is 4.99 Å². The number of aliphatic imine (C=N–C) groups is 1. The number of benzene rings is 1. The summed E-state index contributed by atoms with van der Waals surface area (Å²) in [6.45, 7) is 10.9. The van der Waals surface area contributed by atoms with E-state index < -0.39 is 0 Å². The van der Waals surface area contributed by atoms with Gasteiger partial charge in [0.15, 0.2) is 5.96 Å². The predicted octanol–water partition coefficient (Wildman–Crippen LogP) is 3.94. The van der Waals surface area contributed by atoms with Gasteiger partial charge < -0.3 is 15.4 Å². The van der Waals surface area contributed by atoms with E-state index >= 15 is 0 Å². The van der Waals surface area contributed by atoms with Crippen LogP contribution in [-0.4, -0.2) is 25.7 Å². The monoisotopic (exact) mass is 433 g/mol. The van der Waals surface area contributed by atoms with Crippen LogP contribution >= 0.6 is 24.0 Å². The van der Waals surface area contributed by atoms with Crippen molar-refractivity contribution in [1.82, 2.24) is 10.6 Å². The summed E-state index contributed by atoms with van der Waals surface area (Å²) in [4.78, 5) is 4.25. The maximum atomic E-state index is 5.65. The third-order valence-electron chi connectivity index (χ3n) is 3.27. The number of nitrogens with zero attached hydrogens (tertiary/aromatic N) is 1. The van der Waals surface area contributed by atoms with E-state index in [1.807, 2.05) is 0 Å². The normalized spacial score (nSPS) is 11.5. The van der Waals surface area contributed by atoms with Gasteiger partial charge in [-0.1, -0.05) is 38.1 Å². The number of nitrogens with one attached hydrogen (secondary N) is 2. The van der Waals surface area contributed by atoms with E-state index in [1.165, 1.54) is 11.1 Å². The quantitative estimate of drug-likeness (QED) is 0.371. The van der Waals surface area contributed by atoms with Crippen LogP contribution in [0.25, 0.3) is 0 Å². The first-order valence-electron chi connectivity index (χ1n) is 8.15. The lowest BCUT2D eigenvalue weighted by Gasteiger charge is -2.13. The Labute approximate surface area is 158 Å². The van der Waals surface area contributed by atoms with Crippen molar-refractivity contribution < 1.29 is 4.74 Å². The number of ether oxygens (including phenoxy) is 1. The average Bonchev–Trinajstić information content (AvgIpc) is 2.48. The molecule has 0 aromatic heterocycles. The maximum absolute atomic E-state index is 5.65. The topological polar surface area (TPSA) is 45.7 Å². The number of hydrogen-bond acceptors (Lipinski definition) is 2. The molecule has 0 radical (unpaired) electrons. The fourth-order valence-corrected chi connectivity index (χ4v) is 1.98. The lowest BCUT2D eigenvalue weighted by molar-refractivity contribution is 0.0657. The molecule has 4 nitrogen and oxygen atoms in total. The molecule has 0 unspecified atom stereocenters. The van der Waals surface area contributed by atoms with Gasteiger partial charge in [0.05, 0.1) is 12.7 Å². The predicted molar refractivity (Wildman–Crippen MR) is 109 cm³/mol. The summed E-state index contributed by atoms with van der Waals surface area (Å²) < 4.78 is 5.65. The molecule has 0 aliphatic heterocycles. The van der Waals surface area contributed by atoms with Gasteiger partial charge >= 0.3 is 0 Å². The first kappa shape index (κ1) is 22.2. The molecule has 2 N–H and O–H groups in total. The molecule has 5 heteroatoms. The van der Waals surface area contributed by atoms with Crippen LogP contribution < -0.4 is 10.6 Å². The smallest absolute Gasteiger partial charge is 0.191 e. The Morgan fingerprint density at radius 1 is 1.13 bits per heavy atom. The van der Waals surface area contributed by atoms with Crippen LogP contribution in [0.4, 0.5) is 0 Å². The van der Waals surface area contributed by atoms with Crippen molar-refractivity contribution >= 4 is 29.9 Å². The molecular formula is C18H32IN3O. The van der Waals surface area contributed by atoms with E-state index in [1.54, 1.807) is 7.05 Å². The first-order valence-corrected chi connectivity index (χ1v) is 8.15. The van der Waals surface area contributed by atoms with E-state index in [4.69, 9.17) is 4.74 Å². The van der Waals surface area contributed by atoms with Gasteiger partial charge in [0.25, 0.3) is 0 Å². The summed E-state index contributed by atoms with van der Waals surface area (Å²) in [6.07, 6.45) is 1.40. The van der Waals surface area contributed by atoms with E-state index in [2.05, 4.69) is 67.6 Å². The standard InChI is InChI=1S/C18H31N3O.HI/c1-14(2)9-10-20-18(19-5)21-12-16-7-6-8-17(11-16)13-22-15(3)4;/h6-8,11,14-15H,9-10,12-13H2,1-5H3,(H2,19,20,21);1H. The fourth-order valence-electron chi connectivity index (χ4n) is 1.98. The molecule has 0 bridgehead atoms. The highest BCUT2D eigenvalue weighted by atomic mass is 127. The molecular weight excluding hydrogens is 401 g/mol. The summed E-state index contributed by atoms with van der Waals surface area (Å²) in [6, 6.07) is 8.47. The first-order chi connectivity index (χ1) is 10.5. The van der Waals surface area contributed by atoms with Crippen LogP contribution in [0.1, 0.15) is 45.2 Å². The van der Waals surface area contributed by atoms with E-state index in [-0.39, 0.29) is 30.1 Å². The summed E-state index contributed by atoms with van der Waals surface area (Å²) in [7, 11) is 1.80. The second-order valence-electron chi connectivity index (χ2n) is 6.21. The molecule has 0 heterocycles. The van der Waals surface area contributed by atoms with Crippen molar-refractivity contribution in [2.75, 3.05) is 13.6 Å². The molecule has 23 heavy (non-hydrogen) atoms. The van der Waals surface area contributed by atoms with Gasteiger partial charge in [-0.05, 0) is 37.3 Å². The van der Waals surface area contributed by atoms with Gasteiger partial charge in [0.1, 0.15) is 0 Å². The minimum atomic E-state index is 0. The van der Waals surface area contributed by atoms with Crippen LogP contribution in [0.3, 0.4) is 0 Å². The Bertz CT molecular complexity index is 461. The van der Waals surface area contributed by atoms with E-state index in [9.17, 15) is 0 Å². The van der Waals surface area contributed by atoms with Crippen LogP contribution in [0.5, 0.6) is 0 Å². The summed E-state index contributed by atoms with van der Waals surface area (Å²) in [5.74, 6) is 1.55. The third kappa shape index (κ3) is 10.5. The van der Waals surface area contributed by atoms with Crippen molar-refractivity contribution in [3.05, 3.63) is 35.4 Å². The average molecular weight is 433 g/mol. The van der Waals surface area contributed by atoms with Crippen molar-refractivity contribution in [2.24, 2.45) is 10.9 Å². The Morgan fingerprint density at radius 2 is 1.83 bits per heavy atom. The highest BCUT2D eigenvalue weighted by Crippen LogP contribution is 2.08. The summed E-state index contributed by atoms with van der Waals surface area (Å²) >= 11 is 0. The maximum Gasteiger partial charge on any atom is 0.191 e. The van der Waals surface area contributed by atoms with Crippen molar-refractivity contribution in [3.8, 4) is 0 Å². The fraction of sp³-hybridized carbons (Fsp3) is 0.611. The van der Waals surface area contributed by atoms with Crippen LogP contribution in [0, 0.1) is 5.92 Å². The highest BCUT2D eigenvalue weighted by Gasteiger charge is 2.01. The molecule has 0 aliphatic carbocycles. The van der Waals surface area contributed by atoms with Gasteiger partial charge in [0, 0.05) is 20.1 Å². The molecule has 0 amide bonds. The van der Waals surface area contributed by atoms with Crippen molar-refractivity contribution in [3.63, 3.8) is 0 Å². The molecule has 1 aromatic rings. The number of hydrogen-bond donors (Lipinski definition) is 2. The lowest BCUT2D eigenvalue weighted by atomic mass is 10.1. The minimum Gasteiger partial charge on any atom is -0.374 e. The number of halogens is 1. The zero-order chi connectivity index (χ0) is 16.4. The van der Waals surface area contributed by atoms with E-state index in [0.717, 1.165) is 25.5 Å². The molecule has 132 valence electrons. The lowest BCUT2D eigenvalue weighted by Crippen LogP contribution is -2.37. The molecule has 1 aromatic carbocycles. The van der Waals surface area contributed by atoms with Crippen molar-refractivity contribution in [2.45, 2.75) is 53.4 Å². The van der Waals surface area contributed by atoms with Gasteiger partial charge in [-0.25, -0.2) is 0 Å². The second-order valence-corrected chi connectivity index (χ2v) is 6.21. The second kappa shape index (κ2) is 12.6. The highest BCUT2D eigenvalue weighted by molar-refractivity contribution is 14.0. The molecule has 1 rings (SSSR count). The molecule has 0 saturated heterocycles. The van der Waals surface area contributed by atoms with Gasteiger partial charge in [-0.15, -0.1) is 24.0 Å². The van der Waals surface area contributed by atoms with E-state index in [0.29, 0.717) is 12.5 Å².